The van der Waals surface area contributed by atoms with Crippen LogP contribution in [-0.4, -0.2) is 24.7 Å². The Labute approximate surface area is 113 Å². The summed E-state index contributed by atoms with van der Waals surface area (Å²) in [6.07, 6.45) is 5.50. The summed E-state index contributed by atoms with van der Waals surface area (Å²) in [4.78, 5) is 27.0. The molecule has 0 atom stereocenters. The van der Waals surface area contributed by atoms with E-state index in [1.165, 1.54) is 12.8 Å². The molecule has 0 aliphatic carbocycles. The minimum Gasteiger partial charge on any atom is -0.409 e. The Balaban J connectivity index is 2.28. The highest BCUT2D eigenvalue weighted by Gasteiger charge is 2.16. The standard InChI is InChI=1S/C15H19NO3/c1-2-3-4-8-11-16-12-19-15(18)14(17)13-9-6-5-7-10-13/h5-7,9-10,12H,2-4,8,11H2,1H3/b16-12-. The van der Waals surface area contributed by atoms with Gasteiger partial charge >= 0.3 is 5.97 Å². The Morgan fingerprint density at radius 1 is 1.16 bits per heavy atom. The van der Waals surface area contributed by atoms with Gasteiger partial charge < -0.3 is 4.74 Å². The lowest BCUT2D eigenvalue weighted by molar-refractivity contribution is -0.130. The van der Waals surface area contributed by atoms with Crippen molar-refractivity contribution < 1.29 is 14.3 Å². The molecule has 102 valence electrons. The van der Waals surface area contributed by atoms with Crippen LogP contribution in [0.15, 0.2) is 35.3 Å². The smallest absolute Gasteiger partial charge is 0.385 e. The highest BCUT2D eigenvalue weighted by atomic mass is 16.5. The molecule has 0 saturated carbocycles. The molecule has 0 amide bonds. The first-order valence-electron chi connectivity index (χ1n) is 6.54. The zero-order valence-corrected chi connectivity index (χ0v) is 11.2. The maximum Gasteiger partial charge on any atom is 0.385 e. The Bertz CT molecular complexity index is 426. The fourth-order valence-corrected chi connectivity index (χ4v) is 1.53. The summed E-state index contributed by atoms with van der Waals surface area (Å²) in [5.41, 5.74) is 0.323. The monoisotopic (exact) mass is 261 g/mol. The normalized spacial score (nSPS) is 10.6. The van der Waals surface area contributed by atoms with Crippen molar-refractivity contribution in [3.63, 3.8) is 0 Å². The zero-order chi connectivity index (χ0) is 13.9. The van der Waals surface area contributed by atoms with Crippen LogP contribution in [0.5, 0.6) is 0 Å². The maximum absolute atomic E-state index is 11.6. The van der Waals surface area contributed by atoms with E-state index >= 15 is 0 Å². The number of aliphatic imine (C=N–C) groups is 1. The van der Waals surface area contributed by atoms with Gasteiger partial charge in [-0.2, -0.15) is 0 Å². The van der Waals surface area contributed by atoms with Crippen molar-refractivity contribution in [2.45, 2.75) is 32.6 Å². The van der Waals surface area contributed by atoms with Crippen LogP contribution in [0.2, 0.25) is 0 Å². The van der Waals surface area contributed by atoms with Gasteiger partial charge in [0.2, 0.25) is 0 Å². The Morgan fingerprint density at radius 3 is 2.58 bits per heavy atom. The van der Waals surface area contributed by atoms with Gasteiger partial charge in [-0.3, -0.25) is 9.79 Å². The average molecular weight is 261 g/mol. The van der Waals surface area contributed by atoms with Gasteiger partial charge in [0.25, 0.3) is 5.78 Å². The molecule has 0 aromatic heterocycles. The van der Waals surface area contributed by atoms with Gasteiger partial charge in [0.1, 0.15) is 0 Å². The van der Waals surface area contributed by atoms with Crippen LogP contribution in [0.4, 0.5) is 0 Å². The van der Waals surface area contributed by atoms with E-state index < -0.39 is 11.8 Å². The van der Waals surface area contributed by atoms with Crippen LogP contribution >= 0.6 is 0 Å². The molecule has 0 saturated heterocycles. The number of hydrogen-bond acceptors (Lipinski definition) is 4. The number of benzene rings is 1. The predicted molar refractivity (Wildman–Crippen MR) is 74.4 cm³/mol. The molecular formula is C15H19NO3. The van der Waals surface area contributed by atoms with Crippen molar-refractivity contribution in [3.05, 3.63) is 35.9 Å². The van der Waals surface area contributed by atoms with E-state index in [2.05, 4.69) is 16.7 Å². The second kappa shape index (κ2) is 9.03. The van der Waals surface area contributed by atoms with Crippen molar-refractivity contribution >= 4 is 18.2 Å². The lowest BCUT2D eigenvalue weighted by atomic mass is 10.1. The molecule has 4 heteroatoms. The summed E-state index contributed by atoms with van der Waals surface area (Å²) in [6, 6.07) is 8.32. The molecule has 1 aromatic carbocycles. The third-order valence-electron chi connectivity index (χ3n) is 2.60. The summed E-state index contributed by atoms with van der Waals surface area (Å²) in [5.74, 6) is -1.55. The number of unbranched alkanes of at least 4 members (excludes halogenated alkanes) is 3. The Kier molecular flexibility index (Phi) is 7.17. The SMILES string of the molecule is CCCCCC/N=C\OC(=O)C(=O)c1ccccc1. The molecule has 19 heavy (non-hydrogen) atoms. The first kappa shape index (κ1) is 15.1. The minimum absolute atomic E-state index is 0.323. The van der Waals surface area contributed by atoms with Gasteiger partial charge in [-0.25, -0.2) is 4.79 Å². The van der Waals surface area contributed by atoms with Crippen LogP contribution in [0.1, 0.15) is 43.0 Å². The van der Waals surface area contributed by atoms with Gasteiger partial charge in [-0.05, 0) is 6.42 Å². The number of carbonyl (C=O) groups excluding carboxylic acids is 2. The highest BCUT2D eigenvalue weighted by molar-refractivity contribution is 6.41. The van der Waals surface area contributed by atoms with Crippen LogP contribution < -0.4 is 0 Å². The summed E-state index contributed by atoms with van der Waals surface area (Å²) < 4.78 is 4.68. The summed E-state index contributed by atoms with van der Waals surface area (Å²) >= 11 is 0. The second-order valence-electron chi connectivity index (χ2n) is 4.17. The van der Waals surface area contributed by atoms with Crippen LogP contribution in [0, 0.1) is 0 Å². The molecule has 0 aliphatic rings. The van der Waals surface area contributed by atoms with E-state index in [1.54, 1.807) is 30.3 Å². The predicted octanol–water partition coefficient (Wildman–Crippen LogP) is 3.02. The summed E-state index contributed by atoms with van der Waals surface area (Å²) in [6.45, 7) is 2.76. The van der Waals surface area contributed by atoms with Gasteiger partial charge in [0, 0.05) is 12.1 Å². The molecule has 0 spiro atoms. The Morgan fingerprint density at radius 2 is 1.89 bits per heavy atom. The van der Waals surface area contributed by atoms with E-state index in [4.69, 9.17) is 0 Å². The number of Topliss-reactive ketones (excluding diaryl/α,β-unsaturated/α-hetero) is 1. The average Bonchev–Trinajstić information content (AvgIpc) is 2.46. The van der Waals surface area contributed by atoms with E-state index in [0.29, 0.717) is 12.1 Å². The summed E-state index contributed by atoms with van der Waals surface area (Å²) in [5, 5.41) is 0. The van der Waals surface area contributed by atoms with Crippen LogP contribution in [0.25, 0.3) is 0 Å². The van der Waals surface area contributed by atoms with Gasteiger partial charge in [0.15, 0.2) is 6.40 Å². The number of carbonyl (C=O) groups is 2. The number of nitrogens with zero attached hydrogens (tertiary/aromatic N) is 1. The van der Waals surface area contributed by atoms with E-state index in [0.717, 1.165) is 19.2 Å². The third-order valence-corrected chi connectivity index (χ3v) is 2.60. The van der Waals surface area contributed by atoms with Crippen molar-refractivity contribution in [1.29, 1.82) is 0 Å². The zero-order valence-electron chi connectivity index (χ0n) is 11.2. The second-order valence-corrected chi connectivity index (χ2v) is 4.17. The summed E-state index contributed by atoms with van der Waals surface area (Å²) in [7, 11) is 0. The molecular weight excluding hydrogens is 242 g/mol. The first-order chi connectivity index (χ1) is 9.25. The largest absolute Gasteiger partial charge is 0.409 e. The molecule has 1 rings (SSSR count). The van der Waals surface area contributed by atoms with Crippen LogP contribution in [-0.2, 0) is 9.53 Å². The molecule has 4 nitrogen and oxygen atoms in total. The van der Waals surface area contributed by atoms with Crippen LogP contribution in [0.3, 0.4) is 0 Å². The molecule has 0 unspecified atom stereocenters. The van der Waals surface area contributed by atoms with Crippen molar-refractivity contribution in [2.24, 2.45) is 4.99 Å². The van der Waals surface area contributed by atoms with E-state index in [9.17, 15) is 9.59 Å². The molecule has 1 aromatic rings. The topological polar surface area (TPSA) is 55.7 Å². The van der Waals surface area contributed by atoms with Gasteiger partial charge in [-0.1, -0.05) is 56.5 Å². The molecule has 0 heterocycles. The molecule has 0 radical (unpaired) electrons. The fraction of sp³-hybridized carbons (Fsp3) is 0.400. The van der Waals surface area contributed by atoms with Gasteiger partial charge in [0.05, 0.1) is 0 Å². The lowest BCUT2D eigenvalue weighted by Crippen LogP contribution is -2.16. The molecule has 0 aliphatic heterocycles. The number of rotatable bonds is 8. The molecule has 0 N–H and O–H groups in total. The number of hydrogen-bond donors (Lipinski definition) is 0. The number of ketones is 1. The molecule has 0 fully saturated rings. The highest BCUT2D eigenvalue weighted by Crippen LogP contribution is 2.01. The third kappa shape index (κ3) is 5.95. The number of ether oxygens (including phenoxy) is 1. The van der Waals surface area contributed by atoms with Gasteiger partial charge in [-0.15, -0.1) is 0 Å². The van der Waals surface area contributed by atoms with Crippen molar-refractivity contribution in [2.75, 3.05) is 6.54 Å². The number of esters is 1. The minimum atomic E-state index is -0.900. The fourth-order valence-electron chi connectivity index (χ4n) is 1.53. The van der Waals surface area contributed by atoms with Crippen molar-refractivity contribution in [3.8, 4) is 0 Å². The Hall–Kier alpha value is -1.97. The van der Waals surface area contributed by atoms with E-state index in [-0.39, 0.29) is 0 Å². The maximum atomic E-state index is 11.6. The van der Waals surface area contributed by atoms with Crippen molar-refractivity contribution in [1.82, 2.24) is 0 Å². The quantitative estimate of drug-likeness (QED) is 0.180. The first-order valence-corrected chi connectivity index (χ1v) is 6.54. The van der Waals surface area contributed by atoms with E-state index in [1.807, 2.05) is 0 Å². The lowest BCUT2D eigenvalue weighted by Gasteiger charge is -1.98. The molecule has 0 bridgehead atoms.